The van der Waals surface area contributed by atoms with Gasteiger partial charge in [-0.15, -0.1) is 0 Å². The molecule has 8 heteroatoms. The summed E-state index contributed by atoms with van der Waals surface area (Å²) in [6.07, 6.45) is -3.83. The highest BCUT2D eigenvalue weighted by Crippen LogP contribution is 2.30. The van der Waals surface area contributed by atoms with E-state index >= 15 is 0 Å². The molecule has 0 amide bonds. The molecule has 0 aliphatic carbocycles. The van der Waals surface area contributed by atoms with Crippen LogP contribution in [0.1, 0.15) is 22.6 Å². The van der Waals surface area contributed by atoms with E-state index in [9.17, 15) is 22.0 Å². The van der Waals surface area contributed by atoms with E-state index in [-0.39, 0.29) is 17.3 Å². The Bertz CT molecular complexity index is 976. The van der Waals surface area contributed by atoms with Crippen molar-refractivity contribution < 1.29 is 22.0 Å². The lowest BCUT2D eigenvalue weighted by Gasteiger charge is -2.12. The number of anilines is 1. The van der Waals surface area contributed by atoms with Gasteiger partial charge in [0.2, 0.25) is 0 Å². The largest absolute Gasteiger partial charge is 0.434 e. The van der Waals surface area contributed by atoms with Gasteiger partial charge in [0.1, 0.15) is 17.5 Å². The summed E-state index contributed by atoms with van der Waals surface area (Å²) in [4.78, 5) is 3.44. The fraction of sp³-hybridized carbons (Fsp3) is 0.211. The standard InChI is InChI=1S/C19H16F5N3/c1-11-7-14(20)4-3-13(11)9-25-15-5-6-17(16(21)8-15)27-10-18(19(22,23)24)26-12(27)2/h3-8,10,25H,9H2,1-2H3. The normalized spacial score (nSPS) is 11.7. The maximum absolute atomic E-state index is 14.5. The number of aryl methyl sites for hydroxylation is 2. The molecule has 142 valence electrons. The number of nitrogens with one attached hydrogen (secondary N) is 1. The van der Waals surface area contributed by atoms with Gasteiger partial charge >= 0.3 is 6.18 Å². The van der Waals surface area contributed by atoms with Gasteiger partial charge in [-0.25, -0.2) is 13.8 Å². The first kappa shape index (κ1) is 18.9. The molecule has 0 saturated carbocycles. The molecule has 0 radical (unpaired) electrons. The van der Waals surface area contributed by atoms with Gasteiger partial charge < -0.3 is 9.88 Å². The van der Waals surface area contributed by atoms with Crippen LogP contribution in [0.15, 0.2) is 42.6 Å². The highest BCUT2D eigenvalue weighted by atomic mass is 19.4. The molecule has 27 heavy (non-hydrogen) atoms. The fourth-order valence-corrected chi connectivity index (χ4v) is 2.72. The van der Waals surface area contributed by atoms with Crippen molar-refractivity contribution in [3.8, 4) is 5.69 Å². The summed E-state index contributed by atoms with van der Waals surface area (Å²) < 4.78 is 67.0. The van der Waals surface area contributed by atoms with Crippen molar-refractivity contribution in [2.45, 2.75) is 26.6 Å². The molecular weight excluding hydrogens is 365 g/mol. The second-order valence-corrected chi connectivity index (χ2v) is 6.13. The topological polar surface area (TPSA) is 29.9 Å². The van der Waals surface area contributed by atoms with Crippen LogP contribution in [0, 0.1) is 25.5 Å². The number of imidazole rings is 1. The molecule has 0 atom stereocenters. The van der Waals surface area contributed by atoms with Crippen molar-refractivity contribution in [1.82, 2.24) is 9.55 Å². The molecule has 3 rings (SSSR count). The maximum Gasteiger partial charge on any atom is 0.434 e. The van der Waals surface area contributed by atoms with Crippen LogP contribution in [0.2, 0.25) is 0 Å². The summed E-state index contributed by atoms with van der Waals surface area (Å²) in [6, 6.07) is 8.51. The molecule has 0 fully saturated rings. The summed E-state index contributed by atoms with van der Waals surface area (Å²) in [5, 5.41) is 3.02. The van der Waals surface area contributed by atoms with Crippen molar-refractivity contribution in [1.29, 1.82) is 0 Å². The number of benzene rings is 2. The third kappa shape index (κ3) is 4.10. The monoisotopic (exact) mass is 381 g/mol. The number of nitrogens with zero attached hydrogens (tertiary/aromatic N) is 2. The molecule has 2 aromatic carbocycles. The van der Waals surface area contributed by atoms with Crippen molar-refractivity contribution in [2.75, 3.05) is 5.32 Å². The van der Waals surface area contributed by atoms with E-state index in [1.165, 1.54) is 31.2 Å². The van der Waals surface area contributed by atoms with Crippen LogP contribution in [0.4, 0.5) is 27.6 Å². The zero-order valence-corrected chi connectivity index (χ0v) is 14.5. The summed E-state index contributed by atoms with van der Waals surface area (Å²) >= 11 is 0. The zero-order chi connectivity index (χ0) is 19.8. The van der Waals surface area contributed by atoms with Crippen LogP contribution in [0.3, 0.4) is 0 Å². The summed E-state index contributed by atoms with van der Waals surface area (Å²) in [7, 11) is 0. The first-order valence-electron chi connectivity index (χ1n) is 8.07. The van der Waals surface area contributed by atoms with Gasteiger partial charge in [-0.3, -0.25) is 0 Å². The highest BCUT2D eigenvalue weighted by molar-refractivity contribution is 5.51. The van der Waals surface area contributed by atoms with Gasteiger partial charge in [-0.1, -0.05) is 6.07 Å². The van der Waals surface area contributed by atoms with Crippen molar-refractivity contribution in [3.63, 3.8) is 0 Å². The minimum absolute atomic E-state index is 0.0287. The molecular formula is C19H16F5N3. The van der Waals surface area contributed by atoms with Crippen LogP contribution in [0.25, 0.3) is 5.69 Å². The van der Waals surface area contributed by atoms with Crippen LogP contribution in [0.5, 0.6) is 0 Å². The van der Waals surface area contributed by atoms with E-state index in [0.717, 1.165) is 21.9 Å². The number of aromatic nitrogens is 2. The van der Waals surface area contributed by atoms with E-state index in [1.54, 1.807) is 19.1 Å². The van der Waals surface area contributed by atoms with E-state index in [1.807, 2.05) is 0 Å². The average molecular weight is 381 g/mol. The van der Waals surface area contributed by atoms with E-state index in [0.29, 0.717) is 12.2 Å². The first-order valence-corrected chi connectivity index (χ1v) is 8.07. The predicted octanol–water partition coefficient (Wildman–Crippen LogP) is 5.40. The fourth-order valence-electron chi connectivity index (χ4n) is 2.72. The van der Waals surface area contributed by atoms with Crippen molar-refractivity contribution in [2.24, 2.45) is 0 Å². The molecule has 0 aliphatic heterocycles. The molecule has 1 N–H and O–H groups in total. The van der Waals surface area contributed by atoms with E-state index < -0.39 is 17.7 Å². The van der Waals surface area contributed by atoms with Gasteiger partial charge in [-0.05, 0) is 55.3 Å². The average Bonchev–Trinajstić information content (AvgIpc) is 2.96. The van der Waals surface area contributed by atoms with Gasteiger partial charge in [0.25, 0.3) is 0 Å². The SMILES string of the molecule is Cc1cc(F)ccc1CNc1ccc(-n2cc(C(F)(F)F)nc2C)c(F)c1. The first-order chi connectivity index (χ1) is 12.6. The minimum Gasteiger partial charge on any atom is -0.381 e. The Kier molecular flexibility index (Phi) is 4.91. The predicted molar refractivity (Wildman–Crippen MR) is 91.7 cm³/mol. The van der Waals surface area contributed by atoms with Crippen LogP contribution >= 0.6 is 0 Å². The number of hydrogen-bond acceptors (Lipinski definition) is 2. The Balaban J connectivity index is 1.81. The number of alkyl halides is 3. The Morgan fingerprint density at radius 3 is 2.37 bits per heavy atom. The third-order valence-corrected chi connectivity index (χ3v) is 4.17. The minimum atomic E-state index is -4.60. The summed E-state index contributed by atoms with van der Waals surface area (Å²) in [5.41, 5.74) is 0.954. The molecule has 0 aliphatic rings. The number of hydrogen-bond donors (Lipinski definition) is 1. The van der Waals surface area contributed by atoms with Gasteiger partial charge in [-0.2, -0.15) is 13.2 Å². The molecule has 0 spiro atoms. The third-order valence-electron chi connectivity index (χ3n) is 4.17. The van der Waals surface area contributed by atoms with E-state index in [4.69, 9.17) is 0 Å². The molecule has 1 heterocycles. The van der Waals surface area contributed by atoms with Crippen molar-refractivity contribution >= 4 is 5.69 Å². The van der Waals surface area contributed by atoms with Crippen LogP contribution < -0.4 is 5.32 Å². The molecule has 3 aromatic rings. The second-order valence-electron chi connectivity index (χ2n) is 6.13. The molecule has 0 saturated heterocycles. The molecule has 1 aromatic heterocycles. The van der Waals surface area contributed by atoms with Crippen LogP contribution in [-0.2, 0) is 12.7 Å². The highest BCUT2D eigenvalue weighted by Gasteiger charge is 2.34. The lowest BCUT2D eigenvalue weighted by Crippen LogP contribution is -2.05. The Morgan fingerprint density at radius 2 is 1.78 bits per heavy atom. The Morgan fingerprint density at radius 1 is 1.04 bits per heavy atom. The summed E-state index contributed by atoms with van der Waals surface area (Å²) in [5.74, 6) is -0.991. The quantitative estimate of drug-likeness (QED) is 0.614. The summed E-state index contributed by atoms with van der Waals surface area (Å²) in [6.45, 7) is 3.50. The Labute approximate surface area is 152 Å². The van der Waals surface area contributed by atoms with E-state index in [2.05, 4.69) is 10.3 Å². The number of halogens is 5. The molecule has 0 bridgehead atoms. The lowest BCUT2D eigenvalue weighted by molar-refractivity contribution is -0.141. The molecule has 3 nitrogen and oxygen atoms in total. The van der Waals surface area contributed by atoms with Gasteiger partial charge in [0.05, 0.1) is 5.69 Å². The Hall–Kier alpha value is -2.90. The van der Waals surface area contributed by atoms with Gasteiger partial charge in [0.15, 0.2) is 5.69 Å². The number of rotatable bonds is 4. The maximum atomic E-state index is 14.5. The lowest BCUT2D eigenvalue weighted by atomic mass is 10.1. The van der Waals surface area contributed by atoms with Crippen LogP contribution in [-0.4, -0.2) is 9.55 Å². The smallest absolute Gasteiger partial charge is 0.381 e. The molecule has 0 unspecified atom stereocenters. The van der Waals surface area contributed by atoms with Crippen molar-refractivity contribution in [3.05, 3.63) is 76.9 Å². The van der Waals surface area contributed by atoms with Gasteiger partial charge in [0, 0.05) is 18.4 Å². The second kappa shape index (κ2) is 7.02. The zero-order valence-electron chi connectivity index (χ0n) is 14.5.